The molecule has 2 bridgehead atoms. The normalized spacial score (nSPS) is 23.9. The van der Waals surface area contributed by atoms with Crippen molar-refractivity contribution in [2.45, 2.75) is 6.92 Å². The molecule has 0 N–H and O–H groups in total. The van der Waals surface area contributed by atoms with E-state index in [0.717, 1.165) is 39.3 Å². The number of nitrogens with zero attached hydrogens (tertiary/aromatic N) is 1. The highest BCUT2D eigenvalue weighted by molar-refractivity contribution is 6.23. The molecule has 1 heterocycles. The lowest BCUT2D eigenvalue weighted by Gasteiger charge is -2.22. The summed E-state index contributed by atoms with van der Waals surface area (Å²) in [5.74, 6) is 0.351. The van der Waals surface area contributed by atoms with E-state index >= 15 is 0 Å². The minimum absolute atomic E-state index is 0.105. The molecule has 3 aromatic carbocycles. The van der Waals surface area contributed by atoms with Gasteiger partial charge < -0.3 is 9.47 Å². The molecule has 3 aliphatic rings. The van der Waals surface area contributed by atoms with Crippen molar-refractivity contribution in [3.8, 4) is 11.5 Å². The first kappa shape index (κ1) is 22.4. The zero-order chi connectivity index (χ0) is 25.0. The molecule has 2 aliphatic carbocycles. The predicted octanol–water partition coefficient (Wildman–Crippen LogP) is 5.44. The number of ether oxygens (including phenoxy) is 2. The van der Waals surface area contributed by atoms with Gasteiger partial charge in [0.25, 0.3) is 0 Å². The maximum Gasteiger partial charge on any atom is 0.238 e. The molecule has 5 heteroatoms. The van der Waals surface area contributed by atoms with Gasteiger partial charge in [0.2, 0.25) is 11.8 Å². The summed E-state index contributed by atoms with van der Waals surface area (Å²) in [4.78, 5) is 28.8. The van der Waals surface area contributed by atoms with Gasteiger partial charge in [0.15, 0.2) is 0 Å². The van der Waals surface area contributed by atoms with Gasteiger partial charge in [-0.3, -0.25) is 9.59 Å². The minimum atomic E-state index is -0.379. The largest absolute Gasteiger partial charge is 0.497 e. The molecule has 6 rings (SSSR count). The van der Waals surface area contributed by atoms with Gasteiger partial charge in [0.1, 0.15) is 11.5 Å². The van der Waals surface area contributed by atoms with Gasteiger partial charge in [0.05, 0.1) is 31.7 Å². The van der Waals surface area contributed by atoms with Crippen molar-refractivity contribution in [1.29, 1.82) is 0 Å². The third-order valence-electron chi connectivity index (χ3n) is 7.75. The van der Waals surface area contributed by atoms with Gasteiger partial charge in [-0.05, 0) is 65.6 Å². The maximum absolute atomic E-state index is 13.7. The molecule has 2 fully saturated rings. The fourth-order valence-electron chi connectivity index (χ4n) is 6.06. The number of amides is 2. The van der Waals surface area contributed by atoms with Crippen molar-refractivity contribution in [3.63, 3.8) is 0 Å². The van der Waals surface area contributed by atoms with E-state index in [1.165, 1.54) is 4.90 Å². The van der Waals surface area contributed by atoms with Crippen LogP contribution in [-0.4, -0.2) is 26.0 Å². The Bertz CT molecular complexity index is 1320. The Morgan fingerprint density at radius 2 is 1.11 bits per heavy atom. The Morgan fingerprint density at radius 1 is 0.667 bits per heavy atom. The van der Waals surface area contributed by atoms with Crippen LogP contribution in [0.3, 0.4) is 0 Å². The number of allylic oxidation sites excluding steroid dienone is 3. The second-order valence-corrected chi connectivity index (χ2v) is 9.62. The summed E-state index contributed by atoms with van der Waals surface area (Å²) in [6.07, 6.45) is 4.25. The molecule has 0 aromatic heterocycles. The minimum Gasteiger partial charge on any atom is -0.497 e. The Labute approximate surface area is 210 Å². The number of methoxy groups -OCH3 is 2. The van der Waals surface area contributed by atoms with Crippen molar-refractivity contribution in [1.82, 2.24) is 0 Å². The quantitative estimate of drug-likeness (QED) is 0.363. The van der Waals surface area contributed by atoms with E-state index in [1.807, 2.05) is 79.7 Å². The fraction of sp³-hybridized carbons (Fsp3) is 0.226. The standard InChI is InChI=1S/C31H27NO4/c1-18-4-10-21(11-5-18)32-30(33)28-24-16-17-25(29(28)31(32)34)27(24)26(19-6-12-22(35-2)13-7-19)20-8-14-23(36-3)15-9-20/h4-17,24-25,28-29H,1-3H3/t24-,25-,28-,29-/m1/s1. The Morgan fingerprint density at radius 3 is 1.53 bits per heavy atom. The van der Waals surface area contributed by atoms with E-state index < -0.39 is 0 Å². The molecule has 0 unspecified atom stereocenters. The van der Waals surface area contributed by atoms with Crippen molar-refractivity contribution in [2.75, 3.05) is 19.1 Å². The smallest absolute Gasteiger partial charge is 0.238 e. The molecule has 0 radical (unpaired) electrons. The van der Waals surface area contributed by atoms with Crippen molar-refractivity contribution in [2.24, 2.45) is 23.7 Å². The first-order valence-corrected chi connectivity index (χ1v) is 12.2. The number of anilines is 1. The summed E-state index contributed by atoms with van der Waals surface area (Å²) in [5.41, 5.74) is 6.02. The van der Waals surface area contributed by atoms with Crippen molar-refractivity contribution < 1.29 is 19.1 Å². The number of carbonyl (C=O) groups excluding carboxylic acids is 2. The Kier molecular flexibility index (Phi) is 5.29. The lowest BCUT2D eigenvalue weighted by molar-refractivity contribution is -0.122. The van der Waals surface area contributed by atoms with E-state index in [1.54, 1.807) is 14.2 Å². The van der Waals surface area contributed by atoms with Gasteiger partial charge in [-0.2, -0.15) is 0 Å². The number of imide groups is 1. The molecule has 1 aliphatic heterocycles. The van der Waals surface area contributed by atoms with Crippen LogP contribution in [0, 0.1) is 30.6 Å². The molecule has 0 spiro atoms. The zero-order valence-corrected chi connectivity index (χ0v) is 20.5. The van der Waals surface area contributed by atoms with E-state index in [-0.39, 0.29) is 35.5 Å². The first-order chi connectivity index (χ1) is 17.5. The van der Waals surface area contributed by atoms with Gasteiger partial charge >= 0.3 is 0 Å². The molecule has 2 amide bonds. The molecule has 4 atom stereocenters. The van der Waals surface area contributed by atoms with Crippen LogP contribution in [-0.2, 0) is 9.59 Å². The average molecular weight is 478 g/mol. The highest BCUT2D eigenvalue weighted by atomic mass is 16.5. The Hall–Kier alpha value is -4.12. The molecule has 1 saturated heterocycles. The molecular weight excluding hydrogens is 450 g/mol. The number of carbonyl (C=O) groups is 2. The monoisotopic (exact) mass is 477 g/mol. The van der Waals surface area contributed by atoms with Crippen LogP contribution in [0.25, 0.3) is 5.57 Å². The van der Waals surface area contributed by atoms with Gasteiger partial charge in [-0.1, -0.05) is 54.1 Å². The fourth-order valence-corrected chi connectivity index (χ4v) is 6.06. The summed E-state index contributed by atoms with van der Waals surface area (Å²) in [7, 11) is 3.30. The third kappa shape index (κ3) is 3.30. The first-order valence-electron chi connectivity index (χ1n) is 12.2. The van der Waals surface area contributed by atoms with Crippen LogP contribution in [0.1, 0.15) is 16.7 Å². The molecule has 36 heavy (non-hydrogen) atoms. The highest BCUT2D eigenvalue weighted by Crippen LogP contribution is 2.59. The lowest BCUT2D eigenvalue weighted by Crippen LogP contribution is -2.33. The summed E-state index contributed by atoms with van der Waals surface area (Å²) < 4.78 is 10.8. The summed E-state index contributed by atoms with van der Waals surface area (Å²) >= 11 is 0. The van der Waals surface area contributed by atoms with Gasteiger partial charge in [-0.15, -0.1) is 0 Å². The van der Waals surface area contributed by atoms with E-state index in [9.17, 15) is 9.59 Å². The Balaban J connectivity index is 1.47. The van der Waals surface area contributed by atoms with Crippen LogP contribution < -0.4 is 14.4 Å². The molecule has 180 valence electrons. The van der Waals surface area contributed by atoms with Crippen molar-refractivity contribution in [3.05, 3.63) is 107 Å². The zero-order valence-electron chi connectivity index (χ0n) is 20.5. The molecule has 3 aromatic rings. The third-order valence-corrected chi connectivity index (χ3v) is 7.75. The summed E-state index contributed by atoms with van der Waals surface area (Å²) in [6, 6.07) is 23.5. The van der Waals surface area contributed by atoms with Crippen LogP contribution in [0.4, 0.5) is 5.69 Å². The lowest BCUT2D eigenvalue weighted by atomic mass is 9.85. The molecular formula is C31H27NO4. The average Bonchev–Trinajstić information content (AvgIpc) is 3.55. The number of benzene rings is 3. The van der Waals surface area contributed by atoms with E-state index in [4.69, 9.17) is 9.47 Å². The second kappa shape index (κ2) is 8.52. The molecule has 1 saturated carbocycles. The number of hydrogen-bond donors (Lipinski definition) is 0. The second-order valence-electron chi connectivity index (χ2n) is 9.62. The highest BCUT2D eigenvalue weighted by Gasteiger charge is 2.62. The SMILES string of the molecule is COc1ccc(C(=C2[C@H]3C=C[C@H]2[C@H]2C(=O)N(c4ccc(C)cc4)C(=O)[C@@H]23)c2ccc(OC)cc2)cc1. The summed E-state index contributed by atoms with van der Waals surface area (Å²) in [5, 5.41) is 0. The summed E-state index contributed by atoms with van der Waals surface area (Å²) in [6.45, 7) is 1.99. The predicted molar refractivity (Wildman–Crippen MR) is 139 cm³/mol. The molecule has 5 nitrogen and oxygen atoms in total. The number of rotatable bonds is 5. The van der Waals surface area contributed by atoms with E-state index in [2.05, 4.69) is 12.2 Å². The van der Waals surface area contributed by atoms with E-state index in [0.29, 0.717) is 5.69 Å². The van der Waals surface area contributed by atoms with Gasteiger partial charge in [0, 0.05) is 11.8 Å². The number of aryl methyl sites for hydroxylation is 1. The topological polar surface area (TPSA) is 55.8 Å². The van der Waals surface area contributed by atoms with Crippen LogP contribution in [0.5, 0.6) is 11.5 Å². The van der Waals surface area contributed by atoms with Crippen LogP contribution >= 0.6 is 0 Å². The van der Waals surface area contributed by atoms with Gasteiger partial charge in [-0.25, -0.2) is 4.90 Å². The number of hydrogen-bond acceptors (Lipinski definition) is 4. The van der Waals surface area contributed by atoms with Crippen LogP contribution in [0.15, 0.2) is 90.5 Å². The maximum atomic E-state index is 13.7. The van der Waals surface area contributed by atoms with Crippen molar-refractivity contribution >= 4 is 23.1 Å². The van der Waals surface area contributed by atoms with Crippen LogP contribution in [0.2, 0.25) is 0 Å². The number of fused-ring (bicyclic) bond motifs is 5.